The summed E-state index contributed by atoms with van der Waals surface area (Å²) in [4.78, 5) is 30.2. The Balaban J connectivity index is 1.65. The number of aliphatic imine (C=N–C) groups is 1. The first-order valence-corrected chi connectivity index (χ1v) is 9.10. The molecule has 0 fully saturated rings. The van der Waals surface area contributed by atoms with E-state index >= 15 is 0 Å². The molecule has 2 aliphatic rings. The van der Waals surface area contributed by atoms with Crippen LogP contribution in [0, 0.1) is 0 Å². The van der Waals surface area contributed by atoms with Crippen LogP contribution in [0.5, 0.6) is 11.5 Å². The van der Waals surface area contributed by atoms with E-state index in [9.17, 15) is 9.59 Å². The van der Waals surface area contributed by atoms with Crippen molar-refractivity contribution in [2.75, 3.05) is 18.6 Å². The van der Waals surface area contributed by atoms with E-state index in [0.717, 1.165) is 17.7 Å². The Hall–Kier alpha value is -3.35. The number of carboxylic acid groups (broad SMARTS) is 1. The highest BCUT2D eigenvalue weighted by Gasteiger charge is 2.36. The van der Waals surface area contributed by atoms with Gasteiger partial charge in [0.25, 0.3) is 5.91 Å². The number of amides is 1. The molecule has 2 aromatic carbocycles. The van der Waals surface area contributed by atoms with Crippen LogP contribution < -0.4 is 14.4 Å². The number of para-hydroxylation sites is 1. The van der Waals surface area contributed by atoms with Crippen molar-refractivity contribution in [3.05, 3.63) is 47.5 Å². The Morgan fingerprint density at radius 2 is 2.11 bits per heavy atom. The number of fused-ring (bicyclic) bond motifs is 4. The van der Waals surface area contributed by atoms with Gasteiger partial charge in [0, 0.05) is 30.8 Å². The van der Waals surface area contributed by atoms with Gasteiger partial charge in [0.15, 0.2) is 11.5 Å². The Morgan fingerprint density at radius 1 is 1.29 bits per heavy atom. The quantitative estimate of drug-likeness (QED) is 0.778. The molecule has 0 spiro atoms. The molecule has 28 heavy (non-hydrogen) atoms. The summed E-state index contributed by atoms with van der Waals surface area (Å²) in [6.45, 7) is 0.237. The van der Waals surface area contributed by atoms with Crippen LogP contribution in [-0.4, -0.2) is 43.0 Å². The summed E-state index contributed by atoms with van der Waals surface area (Å²) in [7, 11) is 1.50. The third-order valence-electron chi connectivity index (χ3n) is 4.92. The number of ether oxygens (including phenoxy) is 2. The number of aliphatic carboxylic acids is 1. The molecule has 1 N–H and O–H groups in total. The van der Waals surface area contributed by atoms with Crippen LogP contribution in [0.2, 0.25) is 0 Å². The lowest BCUT2D eigenvalue weighted by Crippen LogP contribution is -2.37. The number of nitrogens with zero attached hydrogens (tertiary/aromatic N) is 2. The van der Waals surface area contributed by atoms with Gasteiger partial charge in [-0.3, -0.25) is 19.5 Å². The summed E-state index contributed by atoms with van der Waals surface area (Å²) in [5, 5.41) is 8.74. The molecule has 7 nitrogen and oxygen atoms in total. The van der Waals surface area contributed by atoms with Crippen molar-refractivity contribution in [1.82, 2.24) is 0 Å². The highest BCUT2D eigenvalue weighted by Crippen LogP contribution is 2.40. The van der Waals surface area contributed by atoms with Gasteiger partial charge in [-0.15, -0.1) is 0 Å². The summed E-state index contributed by atoms with van der Waals surface area (Å²) in [5.74, 6) is -0.130. The van der Waals surface area contributed by atoms with E-state index in [-0.39, 0.29) is 25.0 Å². The van der Waals surface area contributed by atoms with Crippen molar-refractivity contribution < 1.29 is 24.2 Å². The lowest BCUT2D eigenvalue weighted by Gasteiger charge is -2.22. The van der Waals surface area contributed by atoms with Crippen molar-refractivity contribution in [1.29, 1.82) is 0 Å². The zero-order valence-corrected chi connectivity index (χ0v) is 15.4. The maximum atomic E-state index is 13.3. The third kappa shape index (κ3) is 3.19. The first kappa shape index (κ1) is 18.0. The topological polar surface area (TPSA) is 88.4 Å². The van der Waals surface area contributed by atoms with Crippen LogP contribution in [0.3, 0.4) is 0 Å². The Morgan fingerprint density at radius 3 is 2.89 bits per heavy atom. The SMILES string of the molecule is COc1cc2c(cc1OCCCC(=O)O)N=CC1Cc3ccccc3N1C2=O. The second-order valence-electron chi connectivity index (χ2n) is 6.72. The van der Waals surface area contributed by atoms with Gasteiger partial charge >= 0.3 is 5.97 Å². The Labute approximate surface area is 162 Å². The fourth-order valence-electron chi connectivity index (χ4n) is 3.59. The molecule has 0 bridgehead atoms. The lowest BCUT2D eigenvalue weighted by atomic mass is 10.1. The summed E-state index contributed by atoms with van der Waals surface area (Å²) in [6, 6.07) is 11.1. The predicted octanol–water partition coefficient (Wildman–Crippen LogP) is 3.23. The molecule has 0 radical (unpaired) electrons. The number of carbonyl (C=O) groups is 2. The molecule has 1 amide bonds. The van der Waals surface area contributed by atoms with E-state index in [4.69, 9.17) is 14.6 Å². The van der Waals surface area contributed by atoms with Gasteiger partial charge in [0.05, 0.1) is 31.0 Å². The summed E-state index contributed by atoms with van der Waals surface area (Å²) < 4.78 is 11.1. The maximum absolute atomic E-state index is 13.3. The molecule has 144 valence electrons. The first-order valence-electron chi connectivity index (χ1n) is 9.10. The fraction of sp³-hybridized carbons (Fsp3) is 0.286. The van der Waals surface area contributed by atoms with E-state index in [1.54, 1.807) is 23.2 Å². The van der Waals surface area contributed by atoms with Gasteiger partial charge in [0.2, 0.25) is 0 Å². The zero-order chi connectivity index (χ0) is 19.7. The zero-order valence-electron chi connectivity index (χ0n) is 15.4. The van der Waals surface area contributed by atoms with Crippen molar-refractivity contribution in [3.8, 4) is 11.5 Å². The van der Waals surface area contributed by atoms with E-state index in [2.05, 4.69) is 4.99 Å². The molecule has 0 saturated carbocycles. The van der Waals surface area contributed by atoms with Gasteiger partial charge in [-0.25, -0.2) is 0 Å². The molecule has 0 saturated heterocycles. The Bertz CT molecular complexity index is 969. The smallest absolute Gasteiger partial charge is 0.303 e. The minimum atomic E-state index is -0.867. The molecule has 4 rings (SSSR count). The highest BCUT2D eigenvalue weighted by atomic mass is 16.5. The first-order chi connectivity index (χ1) is 13.6. The number of benzene rings is 2. The number of rotatable bonds is 6. The molecule has 2 heterocycles. The van der Waals surface area contributed by atoms with Crippen LogP contribution >= 0.6 is 0 Å². The number of hydrogen-bond donors (Lipinski definition) is 1. The lowest BCUT2D eigenvalue weighted by molar-refractivity contribution is -0.137. The summed E-state index contributed by atoms with van der Waals surface area (Å²) >= 11 is 0. The normalized spacial score (nSPS) is 16.8. The third-order valence-corrected chi connectivity index (χ3v) is 4.92. The largest absolute Gasteiger partial charge is 0.493 e. The van der Waals surface area contributed by atoms with Crippen molar-refractivity contribution >= 4 is 29.5 Å². The van der Waals surface area contributed by atoms with Crippen molar-refractivity contribution in [2.45, 2.75) is 25.3 Å². The minimum absolute atomic E-state index is 0.0277. The van der Waals surface area contributed by atoms with Crippen LogP contribution in [0.15, 0.2) is 41.4 Å². The van der Waals surface area contributed by atoms with E-state index in [0.29, 0.717) is 29.2 Å². The number of anilines is 1. The van der Waals surface area contributed by atoms with Crippen LogP contribution in [-0.2, 0) is 11.2 Å². The van der Waals surface area contributed by atoms with E-state index < -0.39 is 5.97 Å². The molecule has 0 aromatic heterocycles. The second-order valence-corrected chi connectivity index (χ2v) is 6.72. The minimum Gasteiger partial charge on any atom is -0.493 e. The average Bonchev–Trinajstić information content (AvgIpc) is 3.01. The van der Waals surface area contributed by atoms with Gasteiger partial charge in [-0.1, -0.05) is 18.2 Å². The average molecular weight is 380 g/mol. The van der Waals surface area contributed by atoms with Crippen molar-refractivity contribution in [2.24, 2.45) is 4.99 Å². The van der Waals surface area contributed by atoms with Crippen molar-refractivity contribution in [3.63, 3.8) is 0 Å². The molecule has 1 atom stereocenters. The number of carbonyl (C=O) groups excluding carboxylic acids is 1. The Kier molecular flexibility index (Phi) is 4.73. The number of hydrogen-bond acceptors (Lipinski definition) is 5. The second kappa shape index (κ2) is 7.34. The van der Waals surface area contributed by atoms with E-state index in [1.807, 2.05) is 24.3 Å². The molecule has 7 heteroatoms. The predicted molar refractivity (Wildman–Crippen MR) is 104 cm³/mol. The molecule has 2 aliphatic heterocycles. The monoisotopic (exact) mass is 380 g/mol. The highest BCUT2D eigenvalue weighted by molar-refractivity contribution is 6.14. The van der Waals surface area contributed by atoms with Crippen LogP contribution in [0.4, 0.5) is 11.4 Å². The summed E-state index contributed by atoms with van der Waals surface area (Å²) in [5.41, 5.74) is 3.00. The van der Waals surface area contributed by atoms with Gasteiger partial charge in [0.1, 0.15) is 0 Å². The van der Waals surface area contributed by atoms with Gasteiger partial charge < -0.3 is 14.6 Å². The van der Waals surface area contributed by atoms with Gasteiger partial charge in [-0.2, -0.15) is 0 Å². The molecular formula is C21H20N2O5. The molecule has 0 aliphatic carbocycles. The summed E-state index contributed by atoms with van der Waals surface area (Å²) in [6.07, 6.45) is 2.93. The van der Waals surface area contributed by atoms with Gasteiger partial charge in [-0.05, 0) is 24.1 Å². The maximum Gasteiger partial charge on any atom is 0.303 e. The van der Waals surface area contributed by atoms with Crippen LogP contribution in [0.1, 0.15) is 28.8 Å². The standard InChI is InChI=1S/C21H20N2O5/c1-27-18-10-15-16(11-19(18)28-8-4-7-20(24)25)22-12-14-9-13-5-2-3-6-17(13)23(14)21(15)26/h2-3,5-6,10-12,14H,4,7-9H2,1H3,(H,24,25). The molecule has 1 unspecified atom stereocenters. The molecular weight excluding hydrogens is 360 g/mol. The van der Waals surface area contributed by atoms with Crippen LogP contribution in [0.25, 0.3) is 0 Å². The number of methoxy groups -OCH3 is 1. The fourth-order valence-corrected chi connectivity index (χ4v) is 3.59. The molecule has 2 aromatic rings. The number of carboxylic acids is 1. The van der Waals surface area contributed by atoms with E-state index in [1.165, 1.54) is 7.11 Å².